The third-order valence-electron chi connectivity index (χ3n) is 3.68. The molecule has 0 saturated carbocycles. The number of piperidine rings is 1. The summed E-state index contributed by atoms with van der Waals surface area (Å²) in [6.07, 6.45) is 2.39. The quantitative estimate of drug-likeness (QED) is 0.869. The topological polar surface area (TPSA) is 24.5 Å². The minimum atomic E-state index is -2.77. The number of likely N-dealkylation sites (tertiary alicyclic amines) is 1. The fraction of sp³-hybridized carbons (Fsp3) is 0.600. The van der Waals surface area contributed by atoms with Gasteiger partial charge in [-0.1, -0.05) is 18.2 Å². The second-order valence-corrected chi connectivity index (χ2v) is 5.29. The van der Waals surface area contributed by atoms with E-state index in [2.05, 4.69) is 15.0 Å². The summed E-state index contributed by atoms with van der Waals surface area (Å²) in [5, 5.41) is 3.21. The maximum absolute atomic E-state index is 12.4. The predicted octanol–water partition coefficient (Wildman–Crippen LogP) is 2.72. The molecule has 1 aliphatic rings. The van der Waals surface area contributed by atoms with Gasteiger partial charge in [-0.15, -0.1) is 0 Å². The molecule has 1 aromatic carbocycles. The molecule has 112 valence electrons. The summed E-state index contributed by atoms with van der Waals surface area (Å²) < 4.78 is 29.4. The average molecular weight is 284 g/mol. The molecule has 0 amide bonds. The number of nitrogens with one attached hydrogen (secondary N) is 1. The molecule has 20 heavy (non-hydrogen) atoms. The molecule has 1 aliphatic heterocycles. The molecule has 0 spiro atoms. The minimum Gasteiger partial charge on any atom is -0.434 e. The van der Waals surface area contributed by atoms with E-state index in [1.807, 2.05) is 19.2 Å². The Balaban J connectivity index is 1.98. The van der Waals surface area contributed by atoms with Crippen molar-refractivity contribution < 1.29 is 13.5 Å². The average Bonchev–Trinajstić information content (AvgIpc) is 2.41. The maximum Gasteiger partial charge on any atom is 0.387 e. The van der Waals surface area contributed by atoms with Gasteiger partial charge in [0.2, 0.25) is 0 Å². The first kappa shape index (κ1) is 15.2. The van der Waals surface area contributed by atoms with Gasteiger partial charge >= 0.3 is 6.61 Å². The van der Waals surface area contributed by atoms with Crippen molar-refractivity contribution in [1.82, 2.24) is 10.2 Å². The zero-order valence-electron chi connectivity index (χ0n) is 11.8. The number of nitrogens with zero attached hydrogens (tertiary/aromatic N) is 1. The van der Waals surface area contributed by atoms with E-state index in [0.717, 1.165) is 31.6 Å². The minimum absolute atomic E-state index is 0.290. The van der Waals surface area contributed by atoms with E-state index in [1.165, 1.54) is 6.42 Å². The Kier molecular flexibility index (Phi) is 5.73. The van der Waals surface area contributed by atoms with Crippen LogP contribution < -0.4 is 10.1 Å². The number of benzene rings is 1. The van der Waals surface area contributed by atoms with Crippen LogP contribution in [0, 0.1) is 5.92 Å². The van der Waals surface area contributed by atoms with Gasteiger partial charge in [-0.25, -0.2) is 0 Å². The first-order valence-corrected chi connectivity index (χ1v) is 7.08. The number of hydrogen-bond donors (Lipinski definition) is 1. The van der Waals surface area contributed by atoms with E-state index in [9.17, 15) is 8.78 Å². The van der Waals surface area contributed by atoms with Gasteiger partial charge in [-0.3, -0.25) is 4.90 Å². The van der Waals surface area contributed by atoms with E-state index in [4.69, 9.17) is 0 Å². The summed E-state index contributed by atoms with van der Waals surface area (Å²) in [4.78, 5) is 2.32. The summed E-state index contributed by atoms with van der Waals surface area (Å²) in [5.41, 5.74) is 0.831. The van der Waals surface area contributed by atoms with Crippen LogP contribution in [-0.4, -0.2) is 38.2 Å². The molecule has 5 heteroatoms. The van der Waals surface area contributed by atoms with Crippen molar-refractivity contribution in [1.29, 1.82) is 0 Å². The molecular weight excluding hydrogens is 262 g/mol. The fourth-order valence-electron chi connectivity index (χ4n) is 2.84. The maximum atomic E-state index is 12.4. The first-order chi connectivity index (χ1) is 9.69. The van der Waals surface area contributed by atoms with E-state index in [1.54, 1.807) is 12.1 Å². The molecule has 0 aromatic heterocycles. The molecule has 1 fully saturated rings. The number of halogens is 2. The number of rotatable bonds is 6. The van der Waals surface area contributed by atoms with Crippen molar-refractivity contribution in [3.8, 4) is 5.75 Å². The largest absolute Gasteiger partial charge is 0.434 e. The SMILES string of the molecule is CNCC1CCCN(Cc2ccccc2OC(F)F)C1. The highest BCUT2D eigenvalue weighted by molar-refractivity contribution is 5.33. The van der Waals surface area contributed by atoms with Crippen LogP contribution >= 0.6 is 0 Å². The molecule has 1 unspecified atom stereocenters. The normalized spacial score (nSPS) is 20.3. The zero-order chi connectivity index (χ0) is 14.4. The lowest BCUT2D eigenvalue weighted by molar-refractivity contribution is -0.0508. The van der Waals surface area contributed by atoms with Crippen molar-refractivity contribution in [3.63, 3.8) is 0 Å². The van der Waals surface area contributed by atoms with Crippen molar-refractivity contribution in [3.05, 3.63) is 29.8 Å². The van der Waals surface area contributed by atoms with Gasteiger partial charge in [0.1, 0.15) is 5.75 Å². The summed E-state index contributed by atoms with van der Waals surface area (Å²) >= 11 is 0. The van der Waals surface area contributed by atoms with E-state index in [-0.39, 0.29) is 0 Å². The van der Waals surface area contributed by atoms with Gasteiger partial charge in [0.25, 0.3) is 0 Å². The molecule has 1 saturated heterocycles. The van der Waals surface area contributed by atoms with E-state index in [0.29, 0.717) is 18.2 Å². The van der Waals surface area contributed by atoms with Crippen LogP contribution in [0.4, 0.5) is 8.78 Å². The van der Waals surface area contributed by atoms with Crippen LogP contribution in [0.5, 0.6) is 5.75 Å². The number of para-hydroxylation sites is 1. The van der Waals surface area contributed by atoms with Gasteiger partial charge in [0.15, 0.2) is 0 Å². The summed E-state index contributed by atoms with van der Waals surface area (Å²) in [5.74, 6) is 0.926. The Hall–Kier alpha value is -1.20. The van der Waals surface area contributed by atoms with Crippen molar-refractivity contribution in [2.75, 3.05) is 26.7 Å². The van der Waals surface area contributed by atoms with Crippen LogP contribution in [0.25, 0.3) is 0 Å². The molecule has 1 atom stereocenters. The number of hydrogen-bond acceptors (Lipinski definition) is 3. The van der Waals surface area contributed by atoms with Crippen LogP contribution in [0.3, 0.4) is 0 Å². The van der Waals surface area contributed by atoms with Crippen LogP contribution in [0.2, 0.25) is 0 Å². The second-order valence-electron chi connectivity index (χ2n) is 5.29. The standard InChI is InChI=1S/C15H22F2N2O/c1-18-9-12-5-4-8-19(10-12)11-13-6-2-3-7-14(13)20-15(16)17/h2-3,6-7,12,15,18H,4-5,8-11H2,1H3. The second kappa shape index (κ2) is 7.55. The Bertz CT molecular complexity index is 413. The highest BCUT2D eigenvalue weighted by Gasteiger charge is 2.20. The molecule has 3 nitrogen and oxygen atoms in total. The fourth-order valence-corrected chi connectivity index (χ4v) is 2.84. The number of alkyl halides is 2. The van der Waals surface area contributed by atoms with Crippen molar-refractivity contribution in [2.24, 2.45) is 5.92 Å². The van der Waals surface area contributed by atoms with E-state index < -0.39 is 6.61 Å². The smallest absolute Gasteiger partial charge is 0.387 e. The van der Waals surface area contributed by atoms with E-state index >= 15 is 0 Å². The molecule has 2 rings (SSSR count). The monoisotopic (exact) mass is 284 g/mol. The summed E-state index contributed by atoms with van der Waals surface area (Å²) in [6.45, 7) is 0.927. The predicted molar refractivity (Wildman–Crippen MR) is 75.0 cm³/mol. The molecular formula is C15H22F2N2O. The molecule has 1 heterocycles. The van der Waals surface area contributed by atoms with Crippen molar-refractivity contribution >= 4 is 0 Å². The zero-order valence-corrected chi connectivity index (χ0v) is 11.8. The molecule has 0 aliphatic carbocycles. The van der Waals surface area contributed by atoms with Gasteiger partial charge in [-0.2, -0.15) is 8.78 Å². The molecule has 0 bridgehead atoms. The Labute approximate surface area is 118 Å². The van der Waals surface area contributed by atoms with Crippen molar-refractivity contribution in [2.45, 2.75) is 26.0 Å². The molecule has 1 aromatic rings. The third kappa shape index (κ3) is 4.42. The third-order valence-corrected chi connectivity index (χ3v) is 3.68. The van der Waals surface area contributed by atoms with Crippen LogP contribution in [-0.2, 0) is 6.54 Å². The Morgan fingerprint density at radius 3 is 2.95 bits per heavy atom. The Morgan fingerprint density at radius 1 is 1.40 bits per heavy atom. The number of ether oxygens (including phenoxy) is 1. The van der Waals surface area contributed by atoms with Crippen LogP contribution in [0.15, 0.2) is 24.3 Å². The van der Waals surface area contributed by atoms with Gasteiger partial charge in [0.05, 0.1) is 0 Å². The lowest BCUT2D eigenvalue weighted by atomic mass is 9.97. The lowest BCUT2D eigenvalue weighted by Crippen LogP contribution is -2.38. The molecule has 0 radical (unpaired) electrons. The highest BCUT2D eigenvalue weighted by Crippen LogP contribution is 2.24. The lowest BCUT2D eigenvalue weighted by Gasteiger charge is -2.33. The summed E-state index contributed by atoms with van der Waals surface area (Å²) in [6, 6.07) is 7.06. The van der Waals surface area contributed by atoms with Crippen LogP contribution in [0.1, 0.15) is 18.4 Å². The molecule has 1 N–H and O–H groups in total. The summed E-state index contributed by atoms with van der Waals surface area (Å²) in [7, 11) is 1.96. The first-order valence-electron chi connectivity index (χ1n) is 7.08. The van der Waals surface area contributed by atoms with Gasteiger partial charge < -0.3 is 10.1 Å². The Morgan fingerprint density at radius 2 is 2.20 bits per heavy atom. The van der Waals surface area contributed by atoms with Gasteiger partial charge in [0, 0.05) is 18.7 Å². The highest BCUT2D eigenvalue weighted by atomic mass is 19.3. The van der Waals surface area contributed by atoms with Gasteiger partial charge in [-0.05, 0) is 45.0 Å².